The Bertz CT molecular complexity index is 1070. The van der Waals surface area contributed by atoms with E-state index in [1.165, 1.54) is 30.3 Å². The number of phenols is 1. The highest BCUT2D eigenvalue weighted by atomic mass is 16.3. The van der Waals surface area contributed by atoms with Crippen molar-refractivity contribution >= 4 is 35.2 Å². The zero-order chi connectivity index (χ0) is 19.4. The van der Waals surface area contributed by atoms with Crippen molar-refractivity contribution in [3.8, 4) is 5.75 Å². The number of ketones is 1. The third-order valence-electron chi connectivity index (χ3n) is 3.98. The van der Waals surface area contributed by atoms with E-state index in [9.17, 15) is 24.4 Å². The van der Waals surface area contributed by atoms with Crippen molar-refractivity contribution in [1.82, 2.24) is 0 Å². The number of benzene rings is 1. The molecule has 0 aromatic heterocycles. The minimum Gasteiger partial charge on any atom is -0.506 e. The summed E-state index contributed by atoms with van der Waals surface area (Å²) in [5.74, 6) is -0.377. The predicted molar refractivity (Wildman–Crippen MR) is 102 cm³/mol. The summed E-state index contributed by atoms with van der Waals surface area (Å²) in [5, 5.41) is 14.7. The van der Waals surface area contributed by atoms with Crippen LogP contribution in [0.5, 0.6) is 5.75 Å². The Kier molecular flexibility index (Phi) is 5.03. The molecule has 4 rings (SSSR count). The van der Waals surface area contributed by atoms with E-state index < -0.39 is 0 Å². The maximum atomic E-state index is 11.2. The van der Waals surface area contributed by atoms with Crippen molar-refractivity contribution in [1.29, 1.82) is 0 Å². The topological polar surface area (TPSA) is 113 Å². The number of anilines is 1. The number of allylic oxidation sites excluding steroid dienone is 1. The molecule has 7 heteroatoms. The molecule has 0 fully saturated rings. The number of carbonyl (C=O) groups is 2. The van der Waals surface area contributed by atoms with Gasteiger partial charge in [-0.25, -0.2) is 0 Å². The van der Waals surface area contributed by atoms with Crippen LogP contribution in [0.25, 0.3) is 12.2 Å². The molecule has 2 N–H and O–H groups in total. The molecule has 27 heavy (non-hydrogen) atoms. The second-order valence-corrected chi connectivity index (χ2v) is 5.78. The number of hydrogen-bond acceptors (Lipinski definition) is 6. The van der Waals surface area contributed by atoms with Gasteiger partial charge in [0.15, 0.2) is 16.9 Å². The third kappa shape index (κ3) is 3.87. The quantitative estimate of drug-likeness (QED) is 0.596. The van der Waals surface area contributed by atoms with Gasteiger partial charge in [-0.1, -0.05) is 24.3 Å². The third-order valence-corrected chi connectivity index (χ3v) is 3.98. The van der Waals surface area contributed by atoms with Crippen molar-refractivity contribution in [2.45, 2.75) is 6.42 Å². The highest BCUT2D eigenvalue weighted by Crippen LogP contribution is 2.37. The molecule has 0 spiro atoms. The van der Waals surface area contributed by atoms with Crippen LogP contribution in [0.2, 0.25) is 0 Å². The van der Waals surface area contributed by atoms with Gasteiger partial charge in [-0.05, 0) is 47.1 Å². The minimum atomic E-state index is -0.190. The normalized spacial score (nSPS) is 13.6. The standard InChI is InChI=1S/C10H8N2O3.C10H6O2/c13-8-5-4-7-6(10(8)12-15)2-1-3-9(14)11-7;11-8-3-1-7-2-6-10(12)9(7)5-4-8/h1-2,4-5,13H,3H2,(H,11,14);1-6H. The lowest BCUT2D eigenvalue weighted by Crippen LogP contribution is -2.09. The van der Waals surface area contributed by atoms with Gasteiger partial charge < -0.3 is 10.4 Å². The minimum absolute atomic E-state index is 0.0272. The average Bonchev–Trinajstić information content (AvgIpc) is 2.79. The number of aromatic hydroxyl groups is 1. The van der Waals surface area contributed by atoms with Crippen LogP contribution in [-0.2, 0) is 4.79 Å². The molecule has 1 aliphatic heterocycles. The highest BCUT2D eigenvalue weighted by Gasteiger charge is 2.15. The Balaban J connectivity index is 0.000000159. The number of hydrogen-bond donors (Lipinski definition) is 2. The molecular weight excluding hydrogens is 348 g/mol. The molecule has 7 nitrogen and oxygen atoms in total. The summed E-state index contributed by atoms with van der Waals surface area (Å²) in [6.45, 7) is 0. The van der Waals surface area contributed by atoms with Crippen LogP contribution in [-0.4, -0.2) is 16.8 Å². The molecule has 1 amide bonds. The maximum Gasteiger partial charge on any atom is 0.228 e. The van der Waals surface area contributed by atoms with Crippen molar-refractivity contribution in [2.24, 2.45) is 5.18 Å². The first kappa shape index (κ1) is 17.9. The molecule has 0 saturated heterocycles. The zero-order valence-corrected chi connectivity index (χ0v) is 14.0. The Labute approximate surface area is 153 Å². The van der Waals surface area contributed by atoms with Crippen LogP contribution < -0.4 is 10.7 Å². The number of phenolic OH excluding ortho intramolecular Hbond substituents is 1. The molecule has 134 valence electrons. The first-order valence-electron chi connectivity index (χ1n) is 8.02. The van der Waals surface area contributed by atoms with Crippen LogP contribution in [0, 0.1) is 4.91 Å². The van der Waals surface area contributed by atoms with E-state index >= 15 is 0 Å². The highest BCUT2D eigenvalue weighted by molar-refractivity contribution is 6.13. The summed E-state index contributed by atoms with van der Waals surface area (Å²) in [4.78, 5) is 43.7. The Morgan fingerprint density at radius 2 is 1.70 bits per heavy atom. The van der Waals surface area contributed by atoms with E-state index in [0.717, 1.165) is 5.56 Å². The SMILES string of the molecule is O=C1C=Cc2ccc(=O)ccc21.O=Nc1c(O)ccc2c1C=CCC(=O)N2. The van der Waals surface area contributed by atoms with Gasteiger partial charge in [0.2, 0.25) is 5.91 Å². The summed E-state index contributed by atoms with van der Waals surface area (Å²) in [6, 6.07) is 8.96. The monoisotopic (exact) mass is 362 g/mol. The molecule has 0 atom stereocenters. The average molecular weight is 362 g/mol. The van der Waals surface area contributed by atoms with Crippen molar-refractivity contribution in [2.75, 3.05) is 5.32 Å². The number of nitroso groups, excluding NO2 is 1. The van der Waals surface area contributed by atoms with E-state index in [4.69, 9.17) is 0 Å². The maximum absolute atomic E-state index is 11.2. The van der Waals surface area contributed by atoms with Gasteiger partial charge in [-0.2, -0.15) is 0 Å². The van der Waals surface area contributed by atoms with Gasteiger partial charge in [0.1, 0.15) is 5.75 Å². The Morgan fingerprint density at radius 3 is 2.48 bits per heavy atom. The fourth-order valence-corrected chi connectivity index (χ4v) is 2.66. The molecule has 1 heterocycles. The molecule has 0 bridgehead atoms. The van der Waals surface area contributed by atoms with Gasteiger partial charge in [0, 0.05) is 17.5 Å². The lowest BCUT2D eigenvalue weighted by atomic mass is 10.1. The van der Waals surface area contributed by atoms with Crippen molar-refractivity contribution in [3.63, 3.8) is 0 Å². The number of rotatable bonds is 1. The fraction of sp³-hybridized carbons (Fsp3) is 0.0500. The predicted octanol–water partition coefficient (Wildman–Crippen LogP) is 3.40. The van der Waals surface area contributed by atoms with E-state index in [1.807, 2.05) is 0 Å². The summed E-state index contributed by atoms with van der Waals surface area (Å²) in [5.41, 5.74) is 2.23. The molecule has 0 saturated carbocycles. The molecule has 0 radical (unpaired) electrons. The lowest BCUT2D eigenvalue weighted by Gasteiger charge is -2.07. The van der Waals surface area contributed by atoms with Gasteiger partial charge >= 0.3 is 0 Å². The fourth-order valence-electron chi connectivity index (χ4n) is 2.66. The van der Waals surface area contributed by atoms with E-state index in [-0.39, 0.29) is 35.0 Å². The molecule has 2 aromatic carbocycles. The molecule has 2 aromatic rings. The number of nitrogens with zero attached hydrogens (tertiary/aromatic N) is 1. The smallest absolute Gasteiger partial charge is 0.228 e. The Hall–Kier alpha value is -3.87. The first-order valence-corrected chi connectivity index (χ1v) is 8.02. The first-order chi connectivity index (χ1) is 13.0. The van der Waals surface area contributed by atoms with Gasteiger partial charge in [0.05, 0.1) is 5.69 Å². The molecule has 2 aliphatic rings. The summed E-state index contributed by atoms with van der Waals surface area (Å²) < 4.78 is 0. The summed E-state index contributed by atoms with van der Waals surface area (Å²) >= 11 is 0. The molecule has 1 aliphatic carbocycles. The van der Waals surface area contributed by atoms with Gasteiger partial charge in [-0.3, -0.25) is 14.4 Å². The number of fused-ring (bicyclic) bond motifs is 2. The zero-order valence-electron chi connectivity index (χ0n) is 14.0. The van der Waals surface area contributed by atoms with Crippen molar-refractivity contribution in [3.05, 3.63) is 80.4 Å². The van der Waals surface area contributed by atoms with Gasteiger partial charge in [-0.15, -0.1) is 4.91 Å². The van der Waals surface area contributed by atoms with Crippen LogP contribution in [0.3, 0.4) is 0 Å². The van der Waals surface area contributed by atoms with Crippen LogP contribution in [0.4, 0.5) is 11.4 Å². The van der Waals surface area contributed by atoms with Crippen LogP contribution in [0.15, 0.2) is 58.5 Å². The largest absolute Gasteiger partial charge is 0.506 e. The second kappa shape index (κ2) is 7.57. The van der Waals surface area contributed by atoms with Crippen LogP contribution >= 0.6 is 0 Å². The number of carbonyl (C=O) groups excluding carboxylic acids is 2. The van der Waals surface area contributed by atoms with Crippen molar-refractivity contribution < 1.29 is 14.7 Å². The lowest BCUT2D eigenvalue weighted by molar-refractivity contribution is -0.115. The van der Waals surface area contributed by atoms with Crippen LogP contribution in [0.1, 0.15) is 27.9 Å². The van der Waals surface area contributed by atoms with E-state index in [0.29, 0.717) is 16.8 Å². The Morgan fingerprint density at radius 1 is 0.926 bits per heavy atom. The molecular formula is C20H14N2O5. The van der Waals surface area contributed by atoms with E-state index in [2.05, 4.69) is 10.5 Å². The van der Waals surface area contributed by atoms with Gasteiger partial charge in [0.25, 0.3) is 0 Å². The summed E-state index contributed by atoms with van der Waals surface area (Å²) in [7, 11) is 0. The van der Waals surface area contributed by atoms with E-state index in [1.54, 1.807) is 30.4 Å². The summed E-state index contributed by atoms with van der Waals surface area (Å²) in [6.07, 6.45) is 6.69. The number of amides is 1. The second-order valence-electron chi connectivity index (χ2n) is 5.78. The number of nitrogens with one attached hydrogen (secondary N) is 1. The molecule has 0 unspecified atom stereocenters.